The highest BCUT2D eigenvalue weighted by molar-refractivity contribution is 5.73. The number of hydrogen-bond donors (Lipinski definition) is 1. The zero-order valence-corrected chi connectivity index (χ0v) is 10.1. The molecule has 6 heteroatoms. The third-order valence-electron chi connectivity index (χ3n) is 2.91. The van der Waals surface area contributed by atoms with Crippen LogP contribution < -0.4 is 4.90 Å². The van der Waals surface area contributed by atoms with Crippen molar-refractivity contribution >= 4 is 11.8 Å². The van der Waals surface area contributed by atoms with E-state index in [1.54, 1.807) is 11.9 Å². The third kappa shape index (κ3) is 2.52. The Kier molecular flexibility index (Phi) is 3.23. The molecule has 1 aliphatic heterocycles. The predicted octanol–water partition coefficient (Wildman–Crippen LogP) is -0.0147. The van der Waals surface area contributed by atoms with Crippen LogP contribution in [0.5, 0.6) is 0 Å². The number of carboxylic acids is 1. The topological polar surface area (TPSA) is 69.6 Å². The van der Waals surface area contributed by atoms with Gasteiger partial charge >= 0.3 is 5.97 Å². The summed E-state index contributed by atoms with van der Waals surface area (Å²) in [6.07, 6.45) is 2.37. The molecule has 0 saturated heterocycles. The lowest BCUT2D eigenvalue weighted by Crippen LogP contribution is -2.32. The van der Waals surface area contributed by atoms with Gasteiger partial charge < -0.3 is 14.9 Å². The van der Waals surface area contributed by atoms with E-state index in [9.17, 15) is 4.79 Å². The third-order valence-corrected chi connectivity index (χ3v) is 2.91. The van der Waals surface area contributed by atoms with Gasteiger partial charge in [0, 0.05) is 25.7 Å². The smallest absolute Gasteiger partial charge is 0.323 e. The van der Waals surface area contributed by atoms with Gasteiger partial charge in [0.25, 0.3) is 0 Å². The second-order valence-electron chi connectivity index (χ2n) is 4.36. The lowest BCUT2D eigenvalue weighted by atomic mass is 10.1. The molecule has 2 rings (SSSR count). The first-order valence-corrected chi connectivity index (χ1v) is 5.52. The van der Waals surface area contributed by atoms with Crippen molar-refractivity contribution in [1.29, 1.82) is 0 Å². The number of likely N-dealkylation sites (N-methyl/N-ethyl adjacent to an activating group) is 2. The van der Waals surface area contributed by atoms with Crippen LogP contribution in [0.1, 0.15) is 11.3 Å². The quantitative estimate of drug-likeness (QED) is 0.795. The number of anilines is 1. The van der Waals surface area contributed by atoms with Crippen LogP contribution in [0.2, 0.25) is 0 Å². The van der Waals surface area contributed by atoms with E-state index in [2.05, 4.69) is 14.9 Å². The monoisotopic (exact) mass is 236 g/mol. The van der Waals surface area contributed by atoms with Gasteiger partial charge in [-0.3, -0.25) is 4.79 Å². The first-order chi connectivity index (χ1) is 8.08. The summed E-state index contributed by atoms with van der Waals surface area (Å²) < 4.78 is 0. The Balaban J connectivity index is 2.29. The van der Waals surface area contributed by atoms with Crippen molar-refractivity contribution in [2.45, 2.75) is 13.0 Å². The molecule has 0 bridgehead atoms. The van der Waals surface area contributed by atoms with Crippen molar-refractivity contribution in [2.75, 3.05) is 32.1 Å². The van der Waals surface area contributed by atoms with Crippen LogP contribution in [0.25, 0.3) is 0 Å². The fraction of sp³-hybridized carbons (Fsp3) is 0.545. The van der Waals surface area contributed by atoms with Crippen molar-refractivity contribution < 1.29 is 9.90 Å². The molecule has 0 unspecified atom stereocenters. The van der Waals surface area contributed by atoms with E-state index >= 15 is 0 Å². The Morgan fingerprint density at radius 3 is 3.06 bits per heavy atom. The first kappa shape index (κ1) is 11.8. The molecular weight excluding hydrogens is 220 g/mol. The molecule has 0 radical (unpaired) electrons. The highest BCUT2D eigenvalue weighted by Crippen LogP contribution is 2.23. The van der Waals surface area contributed by atoms with Gasteiger partial charge in [-0.05, 0) is 13.5 Å². The van der Waals surface area contributed by atoms with Gasteiger partial charge in [-0.15, -0.1) is 0 Å². The summed E-state index contributed by atoms with van der Waals surface area (Å²) in [5, 5.41) is 8.80. The van der Waals surface area contributed by atoms with E-state index in [4.69, 9.17) is 5.11 Å². The molecule has 0 aromatic carbocycles. The van der Waals surface area contributed by atoms with Crippen LogP contribution in [0.3, 0.4) is 0 Å². The fourth-order valence-corrected chi connectivity index (χ4v) is 2.07. The van der Waals surface area contributed by atoms with Crippen LogP contribution in [0.4, 0.5) is 5.82 Å². The van der Waals surface area contributed by atoms with Crippen molar-refractivity contribution in [3.05, 3.63) is 17.6 Å². The second kappa shape index (κ2) is 4.67. The van der Waals surface area contributed by atoms with Crippen molar-refractivity contribution in [2.24, 2.45) is 0 Å². The van der Waals surface area contributed by atoms with Crippen molar-refractivity contribution in [3.8, 4) is 0 Å². The predicted molar refractivity (Wildman–Crippen MR) is 63.0 cm³/mol. The Hall–Kier alpha value is -1.69. The summed E-state index contributed by atoms with van der Waals surface area (Å²) in [5.74, 6) is -0.113. The van der Waals surface area contributed by atoms with E-state index in [1.807, 2.05) is 7.05 Å². The number of aliphatic carboxylic acids is 1. The van der Waals surface area contributed by atoms with Gasteiger partial charge in [-0.1, -0.05) is 0 Å². The number of aromatic nitrogens is 2. The lowest BCUT2D eigenvalue weighted by molar-refractivity contribution is -0.135. The van der Waals surface area contributed by atoms with Gasteiger partial charge in [-0.25, -0.2) is 9.97 Å². The molecule has 1 aliphatic rings. The molecule has 92 valence electrons. The summed E-state index contributed by atoms with van der Waals surface area (Å²) in [7, 11) is 3.79. The number of rotatable bonds is 3. The van der Waals surface area contributed by atoms with Gasteiger partial charge in [0.15, 0.2) is 0 Å². The molecule has 1 N–H and O–H groups in total. The van der Waals surface area contributed by atoms with E-state index < -0.39 is 5.97 Å². The molecule has 0 atom stereocenters. The normalized spacial score (nSPS) is 15.4. The van der Waals surface area contributed by atoms with E-state index in [0.29, 0.717) is 0 Å². The van der Waals surface area contributed by atoms with Gasteiger partial charge in [0.1, 0.15) is 18.7 Å². The Morgan fingerprint density at radius 2 is 2.35 bits per heavy atom. The summed E-state index contributed by atoms with van der Waals surface area (Å²) in [5.41, 5.74) is 2.08. The molecule has 0 amide bonds. The Labute approximate surface area is 99.9 Å². The molecule has 2 heterocycles. The summed E-state index contributed by atoms with van der Waals surface area (Å²) in [6.45, 7) is 1.71. The van der Waals surface area contributed by atoms with Crippen LogP contribution in [0.15, 0.2) is 6.33 Å². The largest absolute Gasteiger partial charge is 0.480 e. The van der Waals surface area contributed by atoms with Gasteiger partial charge in [-0.2, -0.15) is 0 Å². The molecule has 0 saturated carbocycles. The molecule has 1 aromatic rings. The van der Waals surface area contributed by atoms with E-state index in [-0.39, 0.29) is 6.54 Å². The van der Waals surface area contributed by atoms with Crippen LogP contribution in [-0.4, -0.2) is 53.1 Å². The Morgan fingerprint density at radius 1 is 1.59 bits per heavy atom. The molecule has 0 spiro atoms. The van der Waals surface area contributed by atoms with Crippen molar-refractivity contribution in [3.63, 3.8) is 0 Å². The number of carbonyl (C=O) groups is 1. The molecule has 1 aromatic heterocycles. The van der Waals surface area contributed by atoms with Crippen molar-refractivity contribution in [1.82, 2.24) is 14.9 Å². The molecule has 17 heavy (non-hydrogen) atoms. The zero-order valence-electron chi connectivity index (χ0n) is 10.1. The number of carboxylic acid groups (broad SMARTS) is 1. The second-order valence-corrected chi connectivity index (χ2v) is 4.36. The zero-order chi connectivity index (χ0) is 12.4. The molecule has 0 aliphatic carbocycles. The van der Waals surface area contributed by atoms with Crippen LogP contribution in [-0.2, 0) is 17.8 Å². The molecular formula is C11H16N4O2. The first-order valence-electron chi connectivity index (χ1n) is 5.52. The fourth-order valence-electron chi connectivity index (χ4n) is 2.07. The number of hydrogen-bond acceptors (Lipinski definition) is 5. The summed E-state index contributed by atoms with van der Waals surface area (Å²) >= 11 is 0. The minimum absolute atomic E-state index is 0.0424. The van der Waals surface area contributed by atoms with Gasteiger partial charge in [0.2, 0.25) is 0 Å². The maximum absolute atomic E-state index is 10.7. The molecule has 0 fully saturated rings. The van der Waals surface area contributed by atoms with Crippen LogP contribution in [0, 0.1) is 0 Å². The summed E-state index contributed by atoms with van der Waals surface area (Å²) in [4.78, 5) is 23.0. The SMILES string of the molecule is CN1CCc2c(ncnc2N(C)CC(=O)O)C1. The van der Waals surface area contributed by atoms with E-state index in [0.717, 1.165) is 36.6 Å². The maximum Gasteiger partial charge on any atom is 0.323 e. The maximum atomic E-state index is 10.7. The highest BCUT2D eigenvalue weighted by Gasteiger charge is 2.20. The van der Waals surface area contributed by atoms with Gasteiger partial charge in [0.05, 0.1) is 5.69 Å². The highest BCUT2D eigenvalue weighted by atomic mass is 16.4. The average molecular weight is 236 g/mol. The number of nitrogens with zero attached hydrogens (tertiary/aromatic N) is 4. The minimum atomic E-state index is -0.854. The molecule has 6 nitrogen and oxygen atoms in total. The summed E-state index contributed by atoms with van der Waals surface area (Å²) in [6, 6.07) is 0. The minimum Gasteiger partial charge on any atom is -0.480 e. The van der Waals surface area contributed by atoms with Crippen LogP contribution >= 0.6 is 0 Å². The Bertz CT molecular complexity index is 435. The lowest BCUT2D eigenvalue weighted by Gasteiger charge is -2.27. The standard InChI is InChI=1S/C11H16N4O2/c1-14-4-3-8-9(5-14)12-7-13-11(8)15(2)6-10(16)17/h7H,3-6H2,1-2H3,(H,16,17). The number of fused-ring (bicyclic) bond motifs is 1. The van der Waals surface area contributed by atoms with E-state index in [1.165, 1.54) is 6.33 Å². The average Bonchev–Trinajstić information content (AvgIpc) is 2.26.